The Bertz CT molecular complexity index is 856. The maximum atomic E-state index is 11.8. The van der Waals surface area contributed by atoms with E-state index in [1.165, 1.54) is 11.9 Å². The van der Waals surface area contributed by atoms with E-state index in [9.17, 15) is 8.42 Å². The number of benzene rings is 1. The van der Waals surface area contributed by atoms with E-state index in [2.05, 4.69) is 20.2 Å². The van der Waals surface area contributed by atoms with E-state index in [4.69, 9.17) is 4.74 Å². The van der Waals surface area contributed by atoms with E-state index >= 15 is 0 Å². The summed E-state index contributed by atoms with van der Waals surface area (Å²) in [6, 6.07) is 9.88. The van der Waals surface area contributed by atoms with Gasteiger partial charge >= 0.3 is 0 Å². The van der Waals surface area contributed by atoms with Crippen LogP contribution >= 0.6 is 0 Å². The van der Waals surface area contributed by atoms with Gasteiger partial charge in [-0.3, -0.25) is 0 Å². The molecule has 1 aromatic carbocycles. The molecule has 0 radical (unpaired) electrons. The molecule has 1 atom stereocenters. The van der Waals surface area contributed by atoms with Crippen LogP contribution in [0.15, 0.2) is 36.7 Å². The molecule has 1 fully saturated rings. The predicted molar refractivity (Wildman–Crippen MR) is 107 cm³/mol. The van der Waals surface area contributed by atoms with Crippen molar-refractivity contribution in [2.75, 3.05) is 41.9 Å². The molecule has 8 heteroatoms. The summed E-state index contributed by atoms with van der Waals surface area (Å²) in [6.45, 7) is 3.47. The van der Waals surface area contributed by atoms with Crippen molar-refractivity contribution in [3.63, 3.8) is 0 Å². The zero-order chi connectivity index (χ0) is 19.3. The second-order valence-electron chi connectivity index (χ2n) is 6.63. The maximum Gasteiger partial charge on any atom is 0.152 e. The molecule has 0 spiro atoms. The lowest BCUT2D eigenvalue weighted by molar-refractivity contribution is 0.414. The minimum absolute atomic E-state index is 0.0120. The van der Waals surface area contributed by atoms with Gasteiger partial charge in [-0.15, -0.1) is 0 Å². The topological polar surface area (TPSA) is 84.4 Å². The number of aromatic nitrogens is 2. The Labute approximate surface area is 160 Å². The smallest absolute Gasteiger partial charge is 0.152 e. The van der Waals surface area contributed by atoms with Crippen LogP contribution in [0.1, 0.15) is 18.9 Å². The number of nitrogens with one attached hydrogen (secondary N) is 1. The third-order valence-corrected chi connectivity index (χ3v) is 6.57. The van der Waals surface area contributed by atoms with Gasteiger partial charge in [0.05, 0.1) is 18.6 Å². The lowest BCUT2D eigenvalue weighted by Crippen LogP contribution is -2.36. The molecule has 146 valence electrons. The van der Waals surface area contributed by atoms with Crippen LogP contribution in [0.3, 0.4) is 0 Å². The van der Waals surface area contributed by atoms with Gasteiger partial charge in [-0.2, -0.15) is 0 Å². The number of nitrogens with zero attached hydrogens (tertiary/aromatic N) is 3. The molecule has 0 saturated carbocycles. The normalized spacial score (nSPS) is 18.2. The molecule has 27 heavy (non-hydrogen) atoms. The monoisotopic (exact) mass is 390 g/mol. The molecular formula is C19H26N4O3S. The van der Waals surface area contributed by atoms with Gasteiger partial charge < -0.3 is 15.0 Å². The lowest BCUT2D eigenvalue weighted by atomic mass is 10.1. The molecule has 2 heterocycles. The Morgan fingerprint density at radius 3 is 2.67 bits per heavy atom. The Balaban J connectivity index is 1.60. The Kier molecular flexibility index (Phi) is 6.15. The van der Waals surface area contributed by atoms with Crippen molar-refractivity contribution in [3.8, 4) is 5.75 Å². The highest BCUT2D eigenvalue weighted by Crippen LogP contribution is 2.23. The molecule has 1 aliphatic rings. The van der Waals surface area contributed by atoms with Gasteiger partial charge in [0, 0.05) is 25.2 Å². The fourth-order valence-electron chi connectivity index (χ4n) is 3.36. The van der Waals surface area contributed by atoms with Gasteiger partial charge in [0.2, 0.25) is 0 Å². The minimum Gasteiger partial charge on any atom is -0.497 e. The zero-order valence-corrected chi connectivity index (χ0v) is 16.6. The summed E-state index contributed by atoms with van der Waals surface area (Å²) in [7, 11) is -1.27. The van der Waals surface area contributed by atoms with Gasteiger partial charge in [0.1, 0.15) is 23.7 Å². The first-order valence-electron chi connectivity index (χ1n) is 9.16. The van der Waals surface area contributed by atoms with Crippen LogP contribution in [0.5, 0.6) is 5.75 Å². The summed E-state index contributed by atoms with van der Waals surface area (Å²) in [4.78, 5) is 10.7. The summed E-state index contributed by atoms with van der Waals surface area (Å²) in [6.07, 6.45) is 3.04. The maximum absolute atomic E-state index is 11.8. The minimum atomic E-state index is -2.93. The van der Waals surface area contributed by atoms with E-state index in [1.54, 1.807) is 7.11 Å². The fourth-order valence-corrected chi connectivity index (χ4v) is 5.09. The van der Waals surface area contributed by atoms with Crippen molar-refractivity contribution in [3.05, 3.63) is 42.2 Å². The second kappa shape index (κ2) is 8.56. The zero-order valence-electron chi connectivity index (χ0n) is 15.8. The molecule has 0 amide bonds. The SMILES string of the molecule is CCN(c1cc(NCCc2ccc(OC)cc2)ncn1)C1CCS(=O)(=O)C1. The average Bonchev–Trinajstić information content (AvgIpc) is 3.03. The molecule has 2 aromatic rings. The first kappa shape index (κ1) is 19.4. The summed E-state index contributed by atoms with van der Waals surface area (Å²) >= 11 is 0. The van der Waals surface area contributed by atoms with Crippen LogP contribution in [0.25, 0.3) is 0 Å². The van der Waals surface area contributed by atoms with Crippen LogP contribution in [0.4, 0.5) is 11.6 Å². The van der Waals surface area contributed by atoms with Crippen molar-refractivity contribution < 1.29 is 13.2 Å². The highest BCUT2D eigenvalue weighted by atomic mass is 32.2. The summed E-state index contributed by atoms with van der Waals surface area (Å²) in [5.74, 6) is 2.81. The first-order valence-corrected chi connectivity index (χ1v) is 11.0. The largest absolute Gasteiger partial charge is 0.497 e. The lowest BCUT2D eigenvalue weighted by Gasteiger charge is -2.28. The van der Waals surface area contributed by atoms with Crippen LogP contribution < -0.4 is 15.0 Å². The Morgan fingerprint density at radius 1 is 1.26 bits per heavy atom. The van der Waals surface area contributed by atoms with Crippen molar-refractivity contribution in [1.29, 1.82) is 0 Å². The third-order valence-electron chi connectivity index (χ3n) is 4.82. The molecular weight excluding hydrogens is 364 g/mol. The van der Waals surface area contributed by atoms with E-state index in [-0.39, 0.29) is 17.5 Å². The van der Waals surface area contributed by atoms with E-state index < -0.39 is 9.84 Å². The number of ether oxygens (including phenoxy) is 1. The van der Waals surface area contributed by atoms with Gasteiger partial charge in [-0.05, 0) is 37.5 Å². The highest BCUT2D eigenvalue weighted by Gasteiger charge is 2.32. The second-order valence-corrected chi connectivity index (χ2v) is 8.86. The summed E-state index contributed by atoms with van der Waals surface area (Å²) in [5, 5.41) is 3.32. The molecule has 1 unspecified atom stereocenters. The Morgan fingerprint density at radius 2 is 2.04 bits per heavy atom. The predicted octanol–water partition coefficient (Wildman–Crippen LogP) is 2.15. The van der Waals surface area contributed by atoms with Gasteiger partial charge in [0.15, 0.2) is 9.84 Å². The molecule has 1 aliphatic heterocycles. The molecule has 0 bridgehead atoms. The highest BCUT2D eigenvalue weighted by molar-refractivity contribution is 7.91. The first-order chi connectivity index (χ1) is 13.0. The van der Waals surface area contributed by atoms with E-state index in [0.717, 1.165) is 30.4 Å². The van der Waals surface area contributed by atoms with Crippen LogP contribution in [-0.4, -0.2) is 56.1 Å². The van der Waals surface area contributed by atoms with Crippen molar-refractivity contribution in [1.82, 2.24) is 9.97 Å². The third kappa shape index (κ3) is 5.09. The average molecular weight is 391 g/mol. The summed E-state index contributed by atoms with van der Waals surface area (Å²) < 4.78 is 28.8. The van der Waals surface area contributed by atoms with Crippen molar-refractivity contribution in [2.24, 2.45) is 0 Å². The quantitative estimate of drug-likeness (QED) is 0.739. The van der Waals surface area contributed by atoms with Gasteiger partial charge in [0.25, 0.3) is 0 Å². The molecule has 0 aliphatic carbocycles. The van der Waals surface area contributed by atoms with E-state index in [1.807, 2.05) is 37.3 Å². The van der Waals surface area contributed by atoms with Crippen LogP contribution in [0.2, 0.25) is 0 Å². The molecule has 7 nitrogen and oxygen atoms in total. The standard InChI is InChI=1S/C19H26N4O3S/c1-3-23(16-9-11-27(24,25)13-16)19-12-18(21-14-22-19)20-10-8-15-4-6-17(26-2)7-5-15/h4-7,12,14,16H,3,8-11,13H2,1-2H3,(H,20,21,22). The summed E-state index contributed by atoms with van der Waals surface area (Å²) in [5.41, 5.74) is 1.21. The van der Waals surface area contributed by atoms with E-state index in [0.29, 0.717) is 13.0 Å². The number of anilines is 2. The van der Waals surface area contributed by atoms with Crippen molar-refractivity contribution >= 4 is 21.5 Å². The number of hydrogen-bond acceptors (Lipinski definition) is 7. The van der Waals surface area contributed by atoms with Gasteiger partial charge in [-0.25, -0.2) is 18.4 Å². The van der Waals surface area contributed by atoms with Crippen molar-refractivity contribution in [2.45, 2.75) is 25.8 Å². The molecule has 1 saturated heterocycles. The molecule has 3 rings (SSSR count). The fraction of sp³-hybridized carbons (Fsp3) is 0.474. The van der Waals surface area contributed by atoms with Gasteiger partial charge in [-0.1, -0.05) is 12.1 Å². The van der Waals surface area contributed by atoms with Crippen LogP contribution in [-0.2, 0) is 16.3 Å². The number of sulfone groups is 1. The molecule has 1 N–H and O–H groups in total. The Hall–Kier alpha value is -2.35. The number of hydrogen-bond donors (Lipinski definition) is 1. The number of rotatable bonds is 8. The number of methoxy groups -OCH3 is 1. The van der Waals surface area contributed by atoms with Crippen LogP contribution in [0, 0.1) is 0 Å². The molecule has 1 aromatic heterocycles.